The van der Waals surface area contributed by atoms with Gasteiger partial charge in [-0.2, -0.15) is 5.26 Å². The van der Waals surface area contributed by atoms with Crippen LogP contribution in [0.4, 0.5) is 5.69 Å². The molecule has 0 spiro atoms. The van der Waals surface area contributed by atoms with Gasteiger partial charge in [-0.1, -0.05) is 18.0 Å². The van der Waals surface area contributed by atoms with E-state index in [1.165, 1.54) is 0 Å². The summed E-state index contributed by atoms with van der Waals surface area (Å²) in [6.45, 7) is 0.732. The Morgan fingerprint density at radius 2 is 2.22 bits per heavy atom. The minimum Gasteiger partial charge on any atom is -0.497 e. The van der Waals surface area contributed by atoms with Crippen LogP contribution in [0.25, 0.3) is 0 Å². The van der Waals surface area contributed by atoms with Gasteiger partial charge >= 0.3 is 0 Å². The molecule has 0 heterocycles. The number of hydrogen-bond donors (Lipinski definition) is 0. The van der Waals surface area contributed by atoms with Crippen LogP contribution in [0.3, 0.4) is 0 Å². The lowest BCUT2D eigenvalue weighted by molar-refractivity contribution is 0.223. The lowest BCUT2D eigenvalue weighted by Gasteiger charge is -2.39. The molecule has 0 amide bonds. The Morgan fingerprint density at radius 1 is 1.50 bits per heavy atom. The van der Waals surface area contributed by atoms with Crippen molar-refractivity contribution in [3.63, 3.8) is 0 Å². The van der Waals surface area contributed by atoms with Crippen LogP contribution in [0, 0.1) is 16.7 Å². The number of anilines is 1. The second-order valence-electron chi connectivity index (χ2n) is 4.92. The highest BCUT2D eigenvalue weighted by molar-refractivity contribution is 6.33. The molecule has 0 aromatic heterocycles. The molecular formula is C14H17ClN2O. The molecular weight excluding hydrogens is 248 g/mol. The van der Waals surface area contributed by atoms with Gasteiger partial charge in [-0.15, -0.1) is 0 Å². The molecule has 0 radical (unpaired) electrons. The van der Waals surface area contributed by atoms with Gasteiger partial charge in [0.25, 0.3) is 0 Å². The van der Waals surface area contributed by atoms with Crippen LogP contribution in [-0.2, 0) is 0 Å². The number of methoxy groups -OCH3 is 1. The van der Waals surface area contributed by atoms with Gasteiger partial charge in [-0.3, -0.25) is 0 Å². The predicted molar refractivity (Wildman–Crippen MR) is 73.2 cm³/mol. The lowest BCUT2D eigenvalue weighted by Crippen LogP contribution is -2.39. The van der Waals surface area contributed by atoms with E-state index in [0.717, 1.165) is 37.2 Å². The molecule has 1 aliphatic rings. The Kier molecular flexibility index (Phi) is 3.68. The fourth-order valence-electron chi connectivity index (χ4n) is 2.37. The molecule has 0 N–H and O–H groups in total. The molecule has 0 atom stereocenters. The van der Waals surface area contributed by atoms with Gasteiger partial charge in [0.2, 0.25) is 0 Å². The highest BCUT2D eigenvalue weighted by Crippen LogP contribution is 2.42. The van der Waals surface area contributed by atoms with Crippen LogP contribution >= 0.6 is 11.6 Å². The van der Waals surface area contributed by atoms with Crippen molar-refractivity contribution in [3.05, 3.63) is 23.2 Å². The van der Waals surface area contributed by atoms with Gasteiger partial charge in [0.05, 0.1) is 29.3 Å². The number of rotatable bonds is 4. The first kappa shape index (κ1) is 13.0. The molecule has 2 rings (SSSR count). The highest BCUT2D eigenvalue weighted by atomic mass is 35.5. The zero-order chi connectivity index (χ0) is 13.2. The minimum absolute atomic E-state index is 0.183. The van der Waals surface area contributed by atoms with E-state index in [9.17, 15) is 5.26 Å². The quantitative estimate of drug-likeness (QED) is 0.835. The summed E-state index contributed by atoms with van der Waals surface area (Å²) >= 11 is 6.23. The number of benzene rings is 1. The third-order valence-corrected chi connectivity index (χ3v) is 3.96. The van der Waals surface area contributed by atoms with E-state index in [4.69, 9.17) is 16.3 Å². The second kappa shape index (κ2) is 5.07. The Morgan fingerprint density at radius 3 is 2.67 bits per heavy atom. The van der Waals surface area contributed by atoms with Crippen molar-refractivity contribution in [1.82, 2.24) is 0 Å². The summed E-state index contributed by atoms with van der Waals surface area (Å²) in [6, 6.07) is 8.07. The minimum atomic E-state index is -0.183. The summed E-state index contributed by atoms with van der Waals surface area (Å²) in [7, 11) is 3.60. The molecule has 1 saturated carbocycles. The van der Waals surface area contributed by atoms with E-state index in [2.05, 4.69) is 11.0 Å². The van der Waals surface area contributed by atoms with Crippen molar-refractivity contribution in [1.29, 1.82) is 5.26 Å². The molecule has 3 nitrogen and oxygen atoms in total. The topological polar surface area (TPSA) is 36.3 Å². The maximum Gasteiger partial charge on any atom is 0.120 e. The summed E-state index contributed by atoms with van der Waals surface area (Å²) in [6.07, 6.45) is 3.13. The fourth-order valence-corrected chi connectivity index (χ4v) is 2.69. The van der Waals surface area contributed by atoms with E-state index in [-0.39, 0.29) is 5.41 Å². The number of nitriles is 1. The third-order valence-electron chi connectivity index (χ3n) is 3.65. The summed E-state index contributed by atoms with van der Waals surface area (Å²) in [4.78, 5) is 2.06. The molecule has 1 aliphatic carbocycles. The highest BCUT2D eigenvalue weighted by Gasteiger charge is 2.38. The number of ether oxygens (including phenoxy) is 1. The summed E-state index contributed by atoms with van der Waals surface area (Å²) in [5, 5.41) is 9.91. The van der Waals surface area contributed by atoms with Gasteiger partial charge in [-0.05, 0) is 25.0 Å². The van der Waals surface area contributed by atoms with Gasteiger partial charge in [0, 0.05) is 19.7 Å². The van der Waals surface area contributed by atoms with E-state index >= 15 is 0 Å². The van der Waals surface area contributed by atoms with Crippen LogP contribution < -0.4 is 9.64 Å². The number of halogens is 1. The normalized spacial score (nSPS) is 16.6. The SMILES string of the molecule is COc1ccc(N(C)CC2(C#N)CCC2)c(Cl)c1. The maximum absolute atomic E-state index is 9.25. The zero-order valence-corrected chi connectivity index (χ0v) is 11.5. The van der Waals surface area contributed by atoms with Gasteiger partial charge in [0.1, 0.15) is 5.75 Å². The van der Waals surface area contributed by atoms with Crippen molar-refractivity contribution >= 4 is 17.3 Å². The van der Waals surface area contributed by atoms with Gasteiger partial charge in [0.15, 0.2) is 0 Å². The van der Waals surface area contributed by atoms with E-state index in [0.29, 0.717) is 5.02 Å². The molecule has 0 bridgehead atoms. The van der Waals surface area contributed by atoms with Crippen LogP contribution in [0.15, 0.2) is 18.2 Å². The molecule has 4 heteroatoms. The van der Waals surface area contributed by atoms with E-state index in [1.54, 1.807) is 13.2 Å². The monoisotopic (exact) mass is 264 g/mol. The second-order valence-corrected chi connectivity index (χ2v) is 5.33. The average molecular weight is 265 g/mol. The molecule has 1 fully saturated rings. The summed E-state index contributed by atoms with van der Waals surface area (Å²) in [5.41, 5.74) is 0.761. The summed E-state index contributed by atoms with van der Waals surface area (Å²) < 4.78 is 5.13. The van der Waals surface area contributed by atoms with Crippen LogP contribution in [-0.4, -0.2) is 20.7 Å². The van der Waals surface area contributed by atoms with Crippen molar-refractivity contribution in [3.8, 4) is 11.8 Å². The summed E-state index contributed by atoms with van der Waals surface area (Å²) in [5.74, 6) is 0.746. The first-order valence-electron chi connectivity index (χ1n) is 6.06. The Bertz CT molecular complexity index is 477. The Balaban J connectivity index is 2.14. The van der Waals surface area contributed by atoms with Gasteiger partial charge in [-0.25, -0.2) is 0 Å². The molecule has 0 unspecified atom stereocenters. The van der Waals surface area contributed by atoms with Crippen LogP contribution in [0.1, 0.15) is 19.3 Å². The molecule has 1 aromatic rings. The third kappa shape index (κ3) is 2.39. The molecule has 96 valence electrons. The van der Waals surface area contributed by atoms with Crippen molar-refractivity contribution in [2.75, 3.05) is 25.6 Å². The standard InChI is InChI=1S/C14H17ClN2O/c1-17(10-14(9-16)6-3-7-14)13-5-4-11(18-2)8-12(13)15/h4-5,8H,3,6-7,10H2,1-2H3. The van der Waals surface area contributed by atoms with Crippen LogP contribution in [0.5, 0.6) is 5.75 Å². The fraction of sp³-hybridized carbons (Fsp3) is 0.500. The van der Waals surface area contributed by atoms with Crippen molar-refractivity contribution in [2.24, 2.45) is 5.41 Å². The van der Waals surface area contributed by atoms with Gasteiger partial charge < -0.3 is 9.64 Å². The smallest absolute Gasteiger partial charge is 0.120 e. The van der Waals surface area contributed by atoms with Crippen molar-refractivity contribution < 1.29 is 4.74 Å². The number of hydrogen-bond acceptors (Lipinski definition) is 3. The Hall–Kier alpha value is -1.40. The first-order chi connectivity index (χ1) is 8.60. The zero-order valence-electron chi connectivity index (χ0n) is 10.7. The van der Waals surface area contributed by atoms with Crippen molar-refractivity contribution in [2.45, 2.75) is 19.3 Å². The van der Waals surface area contributed by atoms with E-state index < -0.39 is 0 Å². The predicted octanol–water partition coefficient (Wildman–Crippen LogP) is 3.48. The lowest BCUT2D eigenvalue weighted by atomic mass is 9.69. The average Bonchev–Trinajstić information content (AvgIpc) is 2.33. The molecule has 18 heavy (non-hydrogen) atoms. The first-order valence-corrected chi connectivity index (χ1v) is 6.44. The molecule has 0 saturated heterocycles. The molecule has 1 aromatic carbocycles. The van der Waals surface area contributed by atoms with E-state index in [1.807, 2.05) is 19.2 Å². The molecule has 0 aliphatic heterocycles. The van der Waals surface area contributed by atoms with Crippen LogP contribution in [0.2, 0.25) is 5.02 Å². The Labute approximate surface area is 113 Å². The largest absolute Gasteiger partial charge is 0.497 e. The maximum atomic E-state index is 9.25. The number of nitrogens with zero attached hydrogens (tertiary/aromatic N) is 2.